The Kier molecular flexibility index (Phi) is 3.58. The van der Waals surface area contributed by atoms with Crippen molar-refractivity contribution in [1.82, 2.24) is 4.90 Å². The summed E-state index contributed by atoms with van der Waals surface area (Å²) in [6, 6.07) is 11.7. The van der Waals surface area contributed by atoms with Crippen molar-refractivity contribution in [3.05, 3.63) is 35.9 Å². The van der Waals surface area contributed by atoms with Crippen LogP contribution in [0.4, 0.5) is 0 Å². The summed E-state index contributed by atoms with van der Waals surface area (Å²) < 4.78 is 0. The first-order valence-electron chi connectivity index (χ1n) is 6.80. The highest BCUT2D eigenvalue weighted by Crippen LogP contribution is 2.34. The van der Waals surface area contributed by atoms with Gasteiger partial charge in [0.15, 0.2) is 0 Å². The molecule has 2 atom stereocenters. The molecule has 0 saturated carbocycles. The average Bonchev–Trinajstić information content (AvgIpc) is 2.28. The zero-order valence-corrected chi connectivity index (χ0v) is 11.6. The maximum atomic E-state index is 2.65. The maximum absolute atomic E-state index is 2.65. The molecule has 2 rings (SSSR count). The van der Waals surface area contributed by atoms with Crippen LogP contribution in [0.25, 0.3) is 0 Å². The zero-order chi connectivity index (χ0) is 12.5. The molecule has 1 heteroatoms. The molecule has 0 bridgehead atoms. The van der Waals surface area contributed by atoms with Gasteiger partial charge in [0.25, 0.3) is 0 Å². The van der Waals surface area contributed by atoms with Crippen molar-refractivity contribution in [2.24, 2.45) is 0 Å². The minimum absolute atomic E-state index is 0.307. The molecule has 1 aliphatic heterocycles. The van der Waals surface area contributed by atoms with E-state index in [0.29, 0.717) is 11.6 Å². The highest BCUT2D eigenvalue weighted by Gasteiger charge is 2.32. The van der Waals surface area contributed by atoms with E-state index >= 15 is 0 Å². The van der Waals surface area contributed by atoms with Crippen LogP contribution in [0, 0.1) is 0 Å². The first kappa shape index (κ1) is 12.6. The number of piperidine rings is 1. The molecular formula is C16H25N. The van der Waals surface area contributed by atoms with Crippen LogP contribution < -0.4 is 0 Å². The molecule has 17 heavy (non-hydrogen) atoms. The van der Waals surface area contributed by atoms with Gasteiger partial charge in [-0.25, -0.2) is 0 Å². The first-order chi connectivity index (χ1) is 7.98. The van der Waals surface area contributed by atoms with Crippen molar-refractivity contribution in [2.45, 2.75) is 58.0 Å². The number of hydrogen-bond acceptors (Lipinski definition) is 1. The molecule has 1 saturated heterocycles. The molecule has 1 fully saturated rings. The van der Waals surface area contributed by atoms with Crippen LogP contribution in [0.5, 0.6) is 0 Å². The summed E-state index contributed by atoms with van der Waals surface area (Å²) in [6.07, 6.45) is 2.59. The number of nitrogens with zero attached hydrogens (tertiary/aromatic N) is 1. The Bertz CT molecular complexity index is 350. The molecule has 0 radical (unpaired) electrons. The van der Waals surface area contributed by atoms with E-state index in [1.807, 2.05) is 0 Å². The summed E-state index contributed by atoms with van der Waals surface area (Å²) in [6.45, 7) is 10.6. The number of benzene rings is 1. The summed E-state index contributed by atoms with van der Waals surface area (Å²) in [7, 11) is 0. The smallest absolute Gasteiger partial charge is 0.0127 e. The Hall–Kier alpha value is -0.820. The summed E-state index contributed by atoms with van der Waals surface area (Å²) in [5.41, 5.74) is 1.83. The standard InChI is InChI=1S/C16H25N/c1-13-12-15(14-8-6-5-7-9-14)10-11-17(13)16(2,3)4/h5-9,13,15H,10-12H2,1-4H3/t13-,15+/m0/s1. The number of rotatable bonds is 1. The quantitative estimate of drug-likeness (QED) is 0.704. The molecule has 0 unspecified atom stereocenters. The van der Waals surface area contributed by atoms with Gasteiger partial charge in [-0.3, -0.25) is 4.90 Å². The van der Waals surface area contributed by atoms with E-state index in [0.717, 1.165) is 5.92 Å². The Morgan fingerprint density at radius 2 is 1.76 bits per heavy atom. The second-order valence-electron chi connectivity index (χ2n) is 6.35. The minimum atomic E-state index is 0.307. The highest BCUT2D eigenvalue weighted by atomic mass is 15.2. The van der Waals surface area contributed by atoms with Gasteiger partial charge in [0.2, 0.25) is 0 Å². The van der Waals surface area contributed by atoms with Gasteiger partial charge >= 0.3 is 0 Å². The third-order valence-corrected chi connectivity index (χ3v) is 4.01. The maximum Gasteiger partial charge on any atom is 0.0127 e. The normalized spacial score (nSPS) is 27.1. The van der Waals surface area contributed by atoms with Gasteiger partial charge < -0.3 is 0 Å². The van der Waals surface area contributed by atoms with Crippen LogP contribution in [0.15, 0.2) is 30.3 Å². The molecule has 1 heterocycles. The van der Waals surface area contributed by atoms with Gasteiger partial charge in [0, 0.05) is 11.6 Å². The zero-order valence-electron chi connectivity index (χ0n) is 11.6. The van der Waals surface area contributed by atoms with Crippen molar-refractivity contribution < 1.29 is 0 Å². The van der Waals surface area contributed by atoms with Crippen LogP contribution in [0.3, 0.4) is 0 Å². The molecule has 0 amide bonds. The molecule has 1 aliphatic rings. The molecule has 1 aromatic carbocycles. The van der Waals surface area contributed by atoms with Crippen LogP contribution in [-0.4, -0.2) is 23.0 Å². The van der Waals surface area contributed by atoms with Crippen LogP contribution in [0.1, 0.15) is 52.0 Å². The molecule has 0 spiro atoms. The fraction of sp³-hybridized carbons (Fsp3) is 0.625. The Morgan fingerprint density at radius 1 is 1.12 bits per heavy atom. The second kappa shape index (κ2) is 4.81. The van der Waals surface area contributed by atoms with Crippen molar-refractivity contribution in [3.8, 4) is 0 Å². The largest absolute Gasteiger partial charge is 0.296 e. The lowest BCUT2D eigenvalue weighted by Crippen LogP contribution is -2.50. The lowest BCUT2D eigenvalue weighted by molar-refractivity contribution is 0.0527. The van der Waals surface area contributed by atoms with E-state index in [-0.39, 0.29) is 0 Å². The van der Waals surface area contributed by atoms with Crippen molar-refractivity contribution in [1.29, 1.82) is 0 Å². The minimum Gasteiger partial charge on any atom is -0.296 e. The predicted molar refractivity (Wildman–Crippen MR) is 74.3 cm³/mol. The fourth-order valence-corrected chi connectivity index (χ4v) is 3.20. The van der Waals surface area contributed by atoms with E-state index in [4.69, 9.17) is 0 Å². The van der Waals surface area contributed by atoms with E-state index in [2.05, 4.69) is 62.9 Å². The highest BCUT2D eigenvalue weighted by molar-refractivity contribution is 5.20. The Morgan fingerprint density at radius 3 is 2.29 bits per heavy atom. The summed E-state index contributed by atoms with van der Waals surface area (Å²) in [5.74, 6) is 0.754. The summed E-state index contributed by atoms with van der Waals surface area (Å²) >= 11 is 0. The van der Waals surface area contributed by atoms with E-state index in [1.54, 1.807) is 0 Å². The van der Waals surface area contributed by atoms with Gasteiger partial charge in [-0.05, 0) is 58.6 Å². The Labute approximate surface area is 106 Å². The SMILES string of the molecule is C[C@H]1C[C@H](c2ccccc2)CCN1C(C)(C)C. The third-order valence-electron chi connectivity index (χ3n) is 4.01. The van der Waals surface area contributed by atoms with Crippen LogP contribution >= 0.6 is 0 Å². The molecule has 0 N–H and O–H groups in total. The average molecular weight is 231 g/mol. The lowest BCUT2D eigenvalue weighted by atomic mass is 9.84. The van der Waals surface area contributed by atoms with Gasteiger partial charge in [0.1, 0.15) is 0 Å². The van der Waals surface area contributed by atoms with Gasteiger partial charge in [-0.1, -0.05) is 30.3 Å². The van der Waals surface area contributed by atoms with E-state index < -0.39 is 0 Å². The topological polar surface area (TPSA) is 3.24 Å². The predicted octanol–water partition coefficient (Wildman–Crippen LogP) is 4.05. The monoisotopic (exact) mass is 231 g/mol. The fourth-order valence-electron chi connectivity index (χ4n) is 3.20. The second-order valence-corrected chi connectivity index (χ2v) is 6.35. The third kappa shape index (κ3) is 2.90. The van der Waals surface area contributed by atoms with Crippen LogP contribution in [-0.2, 0) is 0 Å². The van der Waals surface area contributed by atoms with Crippen molar-refractivity contribution >= 4 is 0 Å². The molecule has 1 aromatic rings. The number of hydrogen-bond donors (Lipinski definition) is 0. The van der Waals surface area contributed by atoms with Crippen molar-refractivity contribution in [2.75, 3.05) is 6.54 Å². The molecule has 94 valence electrons. The lowest BCUT2D eigenvalue weighted by Gasteiger charge is -2.45. The van der Waals surface area contributed by atoms with Gasteiger partial charge in [-0.15, -0.1) is 0 Å². The van der Waals surface area contributed by atoms with E-state index in [1.165, 1.54) is 24.9 Å². The van der Waals surface area contributed by atoms with Gasteiger partial charge in [-0.2, -0.15) is 0 Å². The summed E-state index contributed by atoms with van der Waals surface area (Å²) in [4.78, 5) is 2.65. The molecular weight excluding hydrogens is 206 g/mol. The van der Waals surface area contributed by atoms with Crippen LogP contribution in [0.2, 0.25) is 0 Å². The van der Waals surface area contributed by atoms with Crippen molar-refractivity contribution in [3.63, 3.8) is 0 Å². The number of likely N-dealkylation sites (tertiary alicyclic amines) is 1. The molecule has 0 aromatic heterocycles. The Balaban J connectivity index is 2.05. The van der Waals surface area contributed by atoms with E-state index in [9.17, 15) is 0 Å². The summed E-state index contributed by atoms with van der Waals surface area (Å²) in [5, 5.41) is 0. The molecule has 1 nitrogen and oxygen atoms in total. The molecule has 0 aliphatic carbocycles. The first-order valence-corrected chi connectivity index (χ1v) is 6.80. The van der Waals surface area contributed by atoms with Gasteiger partial charge in [0.05, 0.1) is 0 Å².